The van der Waals surface area contributed by atoms with E-state index in [9.17, 15) is 4.79 Å². The van der Waals surface area contributed by atoms with Crippen LogP contribution in [0.1, 0.15) is 18.2 Å². The first-order valence-corrected chi connectivity index (χ1v) is 7.82. The molecule has 1 heterocycles. The van der Waals surface area contributed by atoms with E-state index in [1.165, 1.54) is 6.08 Å². The number of carbonyl (C=O) groups excluding carboxylic acids is 1. The Morgan fingerprint density at radius 2 is 1.96 bits per heavy atom. The van der Waals surface area contributed by atoms with Gasteiger partial charge in [-0.1, -0.05) is 36.4 Å². The van der Waals surface area contributed by atoms with E-state index in [4.69, 9.17) is 4.74 Å². The molecule has 0 fully saturated rings. The average Bonchev–Trinajstić information content (AvgIpc) is 3.02. The predicted molar refractivity (Wildman–Crippen MR) is 97.7 cm³/mol. The number of H-pyrrole nitrogens is 1. The minimum Gasteiger partial charge on any atom is -0.463 e. The average molecular weight is 318 g/mol. The van der Waals surface area contributed by atoms with Crippen molar-refractivity contribution in [2.75, 3.05) is 6.61 Å². The Morgan fingerprint density at radius 3 is 2.79 bits per heavy atom. The van der Waals surface area contributed by atoms with E-state index in [1.807, 2.05) is 42.5 Å². The van der Waals surface area contributed by atoms with E-state index < -0.39 is 0 Å². The number of hydrogen-bond acceptors (Lipinski definition) is 3. The van der Waals surface area contributed by atoms with Gasteiger partial charge in [-0.15, -0.1) is 0 Å². The minimum atomic E-state index is -0.355. The standard InChI is InChI=1S/C20H18N2O2/c1-2-24-20(23)12-11-15-7-3-5-9-18(15)21-14-17-13-16-8-4-6-10-19(16)22-17/h3-14,22H,2H2,1H3/b12-11+,21-14?. The minimum absolute atomic E-state index is 0.355. The SMILES string of the molecule is CCOC(=O)/C=C/c1ccccc1N=Cc1cc2ccccc2[nH]1. The third-order valence-corrected chi connectivity index (χ3v) is 3.52. The highest BCUT2D eigenvalue weighted by molar-refractivity contribution is 5.91. The number of aromatic amines is 1. The van der Waals surface area contributed by atoms with Crippen molar-refractivity contribution in [1.29, 1.82) is 0 Å². The molecule has 0 radical (unpaired) electrons. The van der Waals surface area contributed by atoms with E-state index in [0.717, 1.165) is 27.8 Å². The number of fused-ring (bicyclic) bond motifs is 1. The monoisotopic (exact) mass is 318 g/mol. The molecule has 0 saturated carbocycles. The van der Waals surface area contributed by atoms with E-state index in [1.54, 1.807) is 19.2 Å². The molecule has 0 aliphatic carbocycles. The van der Waals surface area contributed by atoms with Gasteiger partial charge in [-0.3, -0.25) is 4.99 Å². The lowest BCUT2D eigenvalue weighted by Crippen LogP contribution is -1.98. The van der Waals surface area contributed by atoms with Gasteiger partial charge in [-0.25, -0.2) is 4.79 Å². The lowest BCUT2D eigenvalue weighted by molar-refractivity contribution is -0.137. The van der Waals surface area contributed by atoms with Gasteiger partial charge >= 0.3 is 5.97 Å². The van der Waals surface area contributed by atoms with E-state index in [2.05, 4.69) is 22.1 Å². The highest BCUT2D eigenvalue weighted by atomic mass is 16.5. The molecule has 3 rings (SSSR count). The summed E-state index contributed by atoms with van der Waals surface area (Å²) in [6.45, 7) is 2.15. The molecule has 4 nitrogen and oxygen atoms in total. The number of aromatic nitrogens is 1. The zero-order valence-electron chi connectivity index (χ0n) is 13.4. The first kappa shape index (κ1) is 15.7. The zero-order valence-corrected chi connectivity index (χ0v) is 13.4. The van der Waals surface area contributed by atoms with Gasteiger partial charge in [0.1, 0.15) is 0 Å². The molecular formula is C20H18N2O2. The lowest BCUT2D eigenvalue weighted by atomic mass is 10.1. The van der Waals surface area contributed by atoms with Gasteiger partial charge in [-0.05, 0) is 31.2 Å². The van der Waals surface area contributed by atoms with Gasteiger partial charge < -0.3 is 9.72 Å². The number of nitrogens with one attached hydrogen (secondary N) is 1. The number of carbonyl (C=O) groups is 1. The van der Waals surface area contributed by atoms with Gasteiger partial charge in [0, 0.05) is 22.5 Å². The summed E-state index contributed by atoms with van der Waals surface area (Å²) in [4.78, 5) is 19.3. The van der Waals surface area contributed by atoms with Crippen LogP contribution >= 0.6 is 0 Å². The van der Waals surface area contributed by atoms with E-state index in [0.29, 0.717) is 6.61 Å². The molecule has 3 aromatic rings. The molecule has 0 saturated heterocycles. The van der Waals surface area contributed by atoms with Crippen LogP contribution < -0.4 is 0 Å². The molecule has 0 bridgehead atoms. The number of benzene rings is 2. The molecule has 24 heavy (non-hydrogen) atoms. The molecule has 120 valence electrons. The van der Waals surface area contributed by atoms with Crippen LogP contribution in [0.4, 0.5) is 5.69 Å². The van der Waals surface area contributed by atoms with Gasteiger partial charge in [-0.2, -0.15) is 0 Å². The van der Waals surface area contributed by atoms with Crippen molar-refractivity contribution < 1.29 is 9.53 Å². The van der Waals surface area contributed by atoms with Crippen LogP contribution in [0.25, 0.3) is 17.0 Å². The fourth-order valence-electron chi connectivity index (χ4n) is 2.40. The third-order valence-electron chi connectivity index (χ3n) is 3.52. The molecule has 0 atom stereocenters. The van der Waals surface area contributed by atoms with Gasteiger partial charge in [0.25, 0.3) is 0 Å². The summed E-state index contributed by atoms with van der Waals surface area (Å²) in [6.07, 6.45) is 4.92. The Balaban J connectivity index is 1.83. The second-order valence-corrected chi connectivity index (χ2v) is 5.21. The molecule has 0 amide bonds. The number of ether oxygens (including phenoxy) is 1. The van der Waals surface area contributed by atoms with E-state index in [-0.39, 0.29) is 5.97 Å². The first-order valence-electron chi connectivity index (χ1n) is 7.82. The number of hydrogen-bond donors (Lipinski definition) is 1. The van der Waals surface area contributed by atoms with Crippen LogP contribution in [0.5, 0.6) is 0 Å². The highest BCUT2D eigenvalue weighted by Gasteiger charge is 2.00. The Labute approximate surface area is 140 Å². The first-order chi connectivity index (χ1) is 11.8. The number of esters is 1. The van der Waals surface area contributed by atoms with Gasteiger partial charge in [0.15, 0.2) is 0 Å². The Morgan fingerprint density at radius 1 is 1.17 bits per heavy atom. The van der Waals surface area contributed by atoms with Crippen molar-refractivity contribution in [1.82, 2.24) is 4.98 Å². The van der Waals surface area contributed by atoms with Crippen molar-refractivity contribution in [3.8, 4) is 0 Å². The molecular weight excluding hydrogens is 300 g/mol. The summed E-state index contributed by atoms with van der Waals surface area (Å²) < 4.78 is 4.90. The van der Waals surface area contributed by atoms with Crippen LogP contribution in [0.3, 0.4) is 0 Å². The molecule has 4 heteroatoms. The van der Waals surface area contributed by atoms with Crippen molar-refractivity contribution in [3.63, 3.8) is 0 Å². The number of rotatable bonds is 5. The van der Waals surface area contributed by atoms with Crippen LogP contribution in [0, 0.1) is 0 Å². The second kappa shape index (κ2) is 7.42. The molecule has 0 aliphatic rings. The third kappa shape index (κ3) is 3.79. The maximum absolute atomic E-state index is 11.5. The van der Waals surface area contributed by atoms with E-state index >= 15 is 0 Å². The normalized spacial score (nSPS) is 11.5. The molecule has 1 N–H and O–H groups in total. The Kier molecular flexibility index (Phi) is 4.87. The summed E-state index contributed by atoms with van der Waals surface area (Å²) in [7, 11) is 0. The summed E-state index contributed by atoms with van der Waals surface area (Å²) in [5, 5.41) is 1.15. The smallest absolute Gasteiger partial charge is 0.330 e. The fourth-order valence-corrected chi connectivity index (χ4v) is 2.40. The van der Waals surface area contributed by atoms with Crippen LogP contribution in [-0.2, 0) is 9.53 Å². The second-order valence-electron chi connectivity index (χ2n) is 5.21. The largest absolute Gasteiger partial charge is 0.463 e. The quantitative estimate of drug-likeness (QED) is 0.428. The topological polar surface area (TPSA) is 54.4 Å². The highest BCUT2D eigenvalue weighted by Crippen LogP contribution is 2.21. The lowest BCUT2D eigenvalue weighted by Gasteiger charge is -2.00. The van der Waals surface area contributed by atoms with Crippen LogP contribution in [0.15, 0.2) is 65.7 Å². The van der Waals surface area contributed by atoms with Crippen molar-refractivity contribution in [2.24, 2.45) is 4.99 Å². The molecule has 0 unspecified atom stereocenters. The Hall–Kier alpha value is -3.14. The van der Waals surface area contributed by atoms with Crippen molar-refractivity contribution in [3.05, 3.63) is 71.9 Å². The van der Waals surface area contributed by atoms with Crippen molar-refractivity contribution >= 4 is 34.9 Å². The molecule has 1 aromatic heterocycles. The molecule has 0 spiro atoms. The molecule has 2 aromatic carbocycles. The van der Waals surface area contributed by atoms with Gasteiger partial charge in [0.05, 0.1) is 24.2 Å². The Bertz CT molecular complexity index is 874. The zero-order chi connectivity index (χ0) is 16.8. The fraction of sp³-hybridized carbons (Fsp3) is 0.100. The number of aliphatic imine (C=N–C) groups is 1. The maximum Gasteiger partial charge on any atom is 0.330 e. The number of nitrogens with zero attached hydrogens (tertiary/aromatic N) is 1. The predicted octanol–water partition coefficient (Wildman–Crippen LogP) is 4.49. The van der Waals surface area contributed by atoms with Crippen LogP contribution in [0.2, 0.25) is 0 Å². The summed E-state index contributed by atoms with van der Waals surface area (Å²) in [5.41, 5.74) is 3.66. The summed E-state index contributed by atoms with van der Waals surface area (Å²) in [5.74, 6) is -0.355. The summed E-state index contributed by atoms with van der Waals surface area (Å²) >= 11 is 0. The number of para-hydroxylation sites is 2. The van der Waals surface area contributed by atoms with Crippen LogP contribution in [-0.4, -0.2) is 23.8 Å². The maximum atomic E-state index is 11.5. The molecule has 0 aliphatic heterocycles. The van der Waals surface area contributed by atoms with Gasteiger partial charge in [0.2, 0.25) is 0 Å². The summed E-state index contributed by atoms with van der Waals surface area (Å²) in [6, 6.07) is 17.8. The van der Waals surface area contributed by atoms with Crippen molar-refractivity contribution in [2.45, 2.75) is 6.92 Å².